The van der Waals surface area contributed by atoms with E-state index in [1.165, 1.54) is 32.5 Å². The first-order valence-corrected chi connectivity index (χ1v) is 8.37. The summed E-state index contributed by atoms with van der Waals surface area (Å²) in [5, 5.41) is 0.998. The number of rotatable bonds is 2. The number of fused-ring (bicyclic) bond motifs is 2. The molecule has 2 aromatic heterocycles. The third-order valence-electron chi connectivity index (χ3n) is 3.87. The fourth-order valence-corrected chi connectivity index (χ4v) is 3.90. The zero-order valence-corrected chi connectivity index (χ0v) is 13.3. The van der Waals surface area contributed by atoms with Gasteiger partial charge in [0.1, 0.15) is 11.0 Å². The van der Waals surface area contributed by atoms with E-state index in [9.17, 15) is 14.1 Å². The van der Waals surface area contributed by atoms with Crippen molar-refractivity contribution < 1.29 is 4.55 Å². The quantitative estimate of drug-likeness (QED) is 0.528. The molecule has 24 heavy (non-hydrogen) atoms. The maximum Gasteiger partial charge on any atom is 0.206 e. The molecule has 0 N–H and O–H groups in total. The van der Waals surface area contributed by atoms with E-state index in [4.69, 9.17) is 0 Å². The molecule has 0 spiro atoms. The Bertz CT molecular complexity index is 1090. The summed E-state index contributed by atoms with van der Waals surface area (Å²) in [5.74, 6) is 0. The lowest BCUT2D eigenvalue weighted by Crippen LogP contribution is -2.25. The molecule has 118 valence electrons. The van der Waals surface area contributed by atoms with Crippen LogP contribution in [0.4, 0.5) is 0 Å². The van der Waals surface area contributed by atoms with Gasteiger partial charge in [0.05, 0.1) is 23.2 Å². The Morgan fingerprint density at radius 3 is 1.54 bits per heavy atom. The number of para-hydroxylation sites is 2. The molecule has 5 nitrogen and oxygen atoms in total. The zero-order valence-electron chi connectivity index (χ0n) is 12.5. The maximum absolute atomic E-state index is 13.1. The fourth-order valence-electron chi connectivity index (χ4n) is 2.73. The average molecular weight is 336 g/mol. The molecule has 4 aromatic rings. The molecular formula is C18H12N2O3S. The largest absolute Gasteiger partial charge is 0.567 e. The zero-order chi connectivity index (χ0) is 16.7. The fraction of sp³-hybridized carbons (Fsp3) is 0. The van der Waals surface area contributed by atoms with Crippen LogP contribution in [-0.2, 0) is 11.5 Å². The normalized spacial score (nSPS) is 11.4. The van der Waals surface area contributed by atoms with Crippen LogP contribution >= 0.6 is 0 Å². The van der Waals surface area contributed by atoms with Gasteiger partial charge in [0.15, 0.2) is 10.9 Å². The summed E-state index contributed by atoms with van der Waals surface area (Å²) in [7, 11) is 0. The minimum Gasteiger partial charge on any atom is -0.567 e. The molecule has 2 heterocycles. The second-order valence-electron chi connectivity index (χ2n) is 5.28. The molecule has 0 aliphatic heterocycles. The van der Waals surface area contributed by atoms with E-state index in [0.29, 0.717) is 21.8 Å². The van der Waals surface area contributed by atoms with Crippen molar-refractivity contribution >= 4 is 33.4 Å². The Balaban J connectivity index is 2.00. The van der Waals surface area contributed by atoms with Crippen LogP contribution in [0.3, 0.4) is 0 Å². The number of hydrogen-bond donors (Lipinski definition) is 0. The van der Waals surface area contributed by atoms with E-state index in [0.717, 1.165) is 0 Å². The summed E-state index contributed by atoms with van der Waals surface area (Å²) in [6, 6.07) is 16.8. The van der Waals surface area contributed by atoms with Gasteiger partial charge in [0, 0.05) is 12.1 Å². The topological polar surface area (TPSA) is 67.1 Å². The molecule has 0 aliphatic rings. The van der Waals surface area contributed by atoms with Crippen LogP contribution in [0.25, 0.3) is 21.8 Å². The Kier molecular flexibility index (Phi) is 3.48. The van der Waals surface area contributed by atoms with E-state index >= 15 is 0 Å². The van der Waals surface area contributed by atoms with Crippen molar-refractivity contribution in [2.45, 2.75) is 0 Å². The van der Waals surface area contributed by atoms with Crippen LogP contribution in [0.2, 0.25) is 0 Å². The van der Waals surface area contributed by atoms with Crippen molar-refractivity contribution in [3.8, 4) is 0 Å². The highest BCUT2D eigenvalue weighted by Crippen LogP contribution is 2.17. The Hall–Kier alpha value is -2.83. The molecule has 0 bridgehead atoms. The van der Waals surface area contributed by atoms with Crippen molar-refractivity contribution in [1.29, 1.82) is 0 Å². The van der Waals surface area contributed by atoms with Gasteiger partial charge >= 0.3 is 0 Å². The average Bonchev–Trinajstić information content (AvgIpc) is 2.62. The lowest BCUT2D eigenvalue weighted by Gasteiger charge is -2.17. The first-order valence-electron chi connectivity index (χ1n) is 7.30. The Labute approximate surface area is 139 Å². The summed E-state index contributed by atoms with van der Waals surface area (Å²) < 4.78 is 16.2. The first-order chi connectivity index (χ1) is 11.7. The van der Waals surface area contributed by atoms with Crippen LogP contribution in [0, 0.1) is 0 Å². The maximum atomic E-state index is 13.1. The molecule has 0 fully saturated rings. The molecule has 0 atom stereocenters. The van der Waals surface area contributed by atoms with E-state index in [1.807, 2.05) is 0 Å². The highest BCUT2D eigenvalue weighted by molar-refractivity contribution is 7.88. The van der Waals surface area contributed by atoms with Gasteiger partial charge in [-0.1, -0.05) is 24.3 Å². The SMILES string of the molecule is O=c1ccn([S+]([O-])n2ccc(=O)c3ccccc32)c2ccccc12. The van der Waals surface area contributed by atoms with Gasteiger partial charge in [-0.3, -0.25) is 9.59 Å². The van der Waals surface area contributed by atoms with Crippen LogP contribution in [0.15, 0.2) is 82.6 Å². The Morgan fingerprint density at radius 2 is 1.08 bits per heavy atom. The van der Waals surface area contributed by atoms with Crippen LogP contribution < -0.4 is 10.9 Å². The van der Waals surface area contributed by atoms with E-state index < -0.39 is 11.5 Å². The molecule has 0 saturated heterocycles. The molecule has 0 saturated carbocycles. The monoisotopic (exact) mass is 336 g/mol. The van der Waals surface area contributed by atoms with E-state index in [1.54, 1.807) is 48.5 Å². The van der Waals surface area contributed by atoms with Gasteiger partial charge in [-0.05, 0) is 24.3 Å². The van der Waals surface area contributed by atoms with Crippen LogP contribution in [0.1, 0.15) is 0 Å². The third-order valence-corrected chi connectivity index (χ3v) is 5.18. The highest BCUT2D eigenvalue weighted by atomic mass is 32.2. The van der Waals surface area contributed by atoms with E-state index in [-0.39, 0.29) is 10.9 Å². The number of pyridine rings is 2. The van der Waals surface area contributed by atoms with Crippen LogP contribution in [0.5, 0.6) is 0 Å². The number of aromatic nitrogens is 2. The second kappa shape index (κ2) is 5.67. The minimum absolute atomic E-state index is 0.122. The predicted molar refractivity (Wildman–Crippen MR) is 95.4 cm³/mol. The number of benzene rings is 2. The van der Waals surface area contributed by atoms with Crippen molar-refractivity contribution in [2.24, 2.45) is 0 Å². The smallest absolute Gasteiger partial charge is 0.206 e. The van der Waals surface area contributed by atoms with Gasteiger partial charge in [-0.2, -0.15) is 0 Å². The molecule has 0 unspecified atom stereocenters. The first kappa shape index (κ1) is 14.7. The van der Waals surface area contributed by atoms with Crippen molar-refractivity contribution in [3.05, 3.63) is 93.5 Å². The van der Waals surface area contributed by atoms with Gasteiger partial charge in [-0.25, -0.2) is 0 Å². The molecule has 4 rings (SSSR count). The number of hydrogen-bond acceptors (Lipinski definition) is 3. The van der Waals surface area contributed by atoms with Gasteiger partial charge in [0.25, 0.3) is 0 Å². The van der Waals surface area contributed by atoms with Crippen molar-refractivity contribution in [2.75, 3.05) is 0 Å². The van der Waals surface area contributed by atoms with Gasteiger partial charge in [0.2, 0.25) is 11.5 Å². The van der Waals surface area contributed by atoms with Crippen molar-refractivity contribution in [1.82, 2.24) is 7.94 Å². The van der Waals surface area contributed by atoms with E-state index in [2.05, 4.69) is 0 Å². The predicted octanol–water partition coefficient (Wildman–Crippen LogP) is 2.29. The summed E-state index contributed by atoms with van der Waals surface area (Å²) in [5.41, 5.74) is 0.907. The summed E-state index contributed by atoms with van der Waals surface area (Å²) in [4.78, 5) is 24.0. The highest BCUT2D eigenvalue weighted by Gasteiger charge is 2.18. The molecular weight excluding hydrogens is 324 g/mol. The third kappa shape index (κ3) is 2.24. The number of nitrogens with zero attached hydrogens (tertiary/aromatic N) is 2. The molecule has 0 radical (unpaired) electrons. The molecule has 2 aromatic carbocycles. The van der Waals surface area contributed by atoms with Crippen molar-refractivity contribution in [3.63, 3.8) is 0 Å². The minimum atomic E-state index is -1.66. The lowest BCUT2D eigenvalue weighted by molar-refractivity contribution is 0.580. The van der Waals surface area contributed by atoms with Gasteiger partial charge < -0.3 is 4.55 Å². The lowest BCUT2D eigenvalue weighted by atomic mass is 10.2. The standard InChI is InChI=1S/C18H12N2O3S/c21-17-9-11-19(15-7-3-1-5-13(15)17)24(23)20-12-10-18(22)14-6-2-4-8-16(14)20/h1-12H. The molecule has 0 aliphatic carbocycles. The summed E-state index contributed by atoms with van der Waals surface area (Å²) in [6.45, 7) is 0. The molecule has 0 amide bonds. The summed E-state index contributed by atoms with van der Waals surface area (Å²) in [6.07, 6.45) is 3.02. The molecule has 6 heteroatoms. The van der Waals surface area contributed by atoms with Gasteiger partial charge in [-0.15, -0.1) is 7.94 Å². The summed E-state index contributed by atoms with van der Waals surface area (Å²) >= 11 is -1.66. The second-order valence-corrected chi connectivity index (χ2v) is 6.52. The Morgan fingerprint density at radius 1 is 0.667 bits per heavy atom. The van der Waals surface area contributed by atoms with Crippen LogP contribution in [-0.4, -0.2) is 12.5 Å².